The van der Waals surface area contributed by atoms with Crippen LogP contribution >= 0.6 is 11.3 Å². The summed E-state index contributed by atoms with van der Waals surface area (Å²) in [6.45, 7) is 0.329. The number of hydrogen-bond acceptors (Lipinski definition) is 6. The fraction of sp³-hybridized carbons (Fsp3) is 0.421. The van der Waals surface area contributed by atoms with Gasteiger partial charge in [-0.1, -0.05) is 19.3 Å². The van der Waals surface area contributed by atoms with E-state index in [1.54, 1.807) is 24.3 Å². The zero-order chi connectivity index (χ0) is 19.1. The van der Waals surface area contributed by atoms with Gasteiger partial charge in [-0.3, -0.25) is 9.59 Å². The summed E-state index contributed by atoms with van der Waals surface area (Å²) in [6, 6.07) is 6.31. The van der Waals surface area contributed by atoms with Gasteiger partial charge < -0.3 is 19.8 Å². The Balaban J connectivity index is 1.41. The topological polar surface area (TPSA) is 97.6 Å². The van der Waals surface area contributed by atoms with E-state index in [-0.39, 0.29) is 18.3 Å². The first-order valence-electron chi connectivity index (χ1n) is 9.00. The molecule has 3 rings (SSSR count). The van der Waals surface area contributed by atoms with E-state index >= 15 is 0 Å². The molecular weight excluding hydrogens is 368 g/mol. The number of esters is 1. The van der Waals surface area contributed by atoms with Gasteiger partial charge in [0.15, 0.2) is 12.4 Å². The minimum atomic E-state index is -0.591. The van der Waals surface area contributed by atoms with Crippen molar-refractivity contribution in [2.45, 2.75) is 32.1 Å². The monoisotopic (exact) mass is 390 g/mol. The molecule has 0 aliphatic heterocycles. The van der Waals surface area contributed by atoms with Crippen LogP contribution in [-0.4, -0.2) is 30.9 Å². The minimum Gasteiger partial charge on any atom is -0.459 e. The Bertz CT molecular complexity index is 778. The van der Waals surface area contributed by atoms with Crippen LogP contribution in [0.15, 0.2) is 34.9 Å². The van der Waals surface area contributed by atoms with Gasteiger partial charge in [-0.15, -0.1) is 11.3 Å². The van der Waals surface area contributed by atoms with Crippen LogP contribution in [0.1, 0.15) is 52.3 Å². The van der Waals surface area contributed by atoms with E-state index in [2.05, 4.69) is 10.6 Å². The fourth-order valence-corrected chi connectivity index (χ4v) is 3.79. The molecule has 2 aromatic heterocycles. The van der Waals surface area contributed by atoms with Crippen molar-refractivity contribution in [1.82, 2.24) is 5.32 Å². The largest absolute Gasteiger partial charge is 0.459 e. The lowest BCUT2D eigenvalue weighted by molar-refractivity contribution is -0.124. The van der Waals surface area contributed by atoms with Crippen LogP contribution in [0, 0.1) is 5.92 Å². The van der Waals surface area contributed by atoms with Crippen LogP contribution in [0.3, 0.4) is 0 Å². The van der Waals surface area contributed by atoms with Gasteiger partial charge in [0.05, 0.1) is 11.3 Å². The first kappa shape index (κ1) is 19.2. The third-order valence-electron chi connectivity index (χ3n) is 4.44. The van der Waals surface area contributed by atoms with Crippen molar-refractivity contribution >= 4 is 34.1 Å². The molecule has 7 nitrogen and oxygen atoms in total. The predicted molar refractivity (Wildman–Crippen MR) is 101 cm³/mol. The Hall–Kier alpha value is -2.61. The molecule has 0 aromatic carbocycles. The molecule has 1 aliphatic carbocycles. The second-order valence-electron chi connectivity index (χ2n) is 6.48. The number of anilines is 1. The lowest BCUT2D eigenvalue weighted by Crippen LogP contribution is -2.33. The lowest BCUT2D eigenvalue weighted by Gasteiger charge is -2.21. The molecule has 0 saturated heterocycles. The van der Waals surface area contributed by atoms with Crippen LogP contribution in [0.25, 0.3) is 0 Å². The Morgan fingerprint density at radius 3 is 2.70 bits per heavy atom. The average Bonchev–Trinajstić information content (AvgIpc) is 3.37. The summed E-state index contributed by atoms with van der Waals surface area (Å²) in [5.41, 5.74) is 0. The smallest absolute Gasteiger partial charge is 0.348 e. The molecule has 1 fully saturated rings. The molecule has 0 spiro atoms. The zero-order valence-electron chi connectivity index (χ0n) is 14.9. The number of thiophene rings is 1. The second kappa shape index (κ2) is 9.36. The molecule has 0 radical (unpaired) electrons. The average molecular weight is 390 g/mol. The Morgan fingerprint density at radius 2 is 1.96 bits per heavy atom. The van der Waals surface area contributed by atoms with Crippen molar-refractivity contribution in [1.29, 1.82) is 0 Å². The van der Waals surface area contributed by atoms with E-state index in [9.17, 15) is 14.4 Å². The van der Waals surface area contributed by atoms with E-state index < -0.39 is 11.9 Å². The van der Waals surface area contributed by atoms with Crippen molar-refractivity contribution in [2.75, 3.05) is 18.5 Å². The maximum absolute atomic E-state index is 12.1. The van der Waals surface area contributed by atoms with Crippen LogP contribution in [-0.2, 0) is 9.53 Å². The van der Waals surface area contributed by atoms with Gasteiger partial charge in [-0.05, 0) is 43.0 Å². The van der Waals surface area contributed by atoms with Gasteiger partial charge in [0.1, 0.15) is 4.88 Å². The summed E-state index contributed by atoms with van der Waals surface area (Å²) in [6.07, 6.45) is 7.39. The third kappa shape index (κ3) is 5.68. The van der Waals surface area contributed by atoms with Gasteiger partial charge in [-0.25, -0.2) is 4.79 Å². The number of nitrogens with one attached hydrogen (secondary N) is 2. The molecule has 2 amide bonds. The molecule has 0 bridgehead atoms. The standard InChI is InChI=1S/C19H22N2O5S/c22-16(20-11-13-5-2-1-3-6-13)12-26-19(24)15-8-9-17(27-15)21-18(23)14-7-4-10-25-14/h4,7-10,13H,1-3,5-6,11-12H2,(H,20,22)(H,21,23). The summed E-state index contributed by atoms with van der Waals surface area (Å²) in [7, 11) is 0. The number of ether oxygens (including phenoxy) is 1. The van der Waals surface area contributed by atoms with Gasteiger partial charge >= 0.3 is 5.97 Å². The molecule has 0 atom stereocenters. The molecule has 2 N–H and O–H groups in total. The number of carbonyl (C=O) groups is 3. The normalized spacial score (nSPS) is 14.5. The fourth-order valence-electron chi connectivity index (χ4n) is 3.00. The number of amides is 2. The molecular formula is C19H22N2O5S. The Labute approximate surface area is 161 Å². The molecule has 144 valence electrons. The number of rotatable bonds is 7. The summed E-state index contributed by atoms with van der Waals surface area (Å²) >= 11 is 1.07. The Kier molecular flexibility index (Phi) is 6.64. The highest BCUT2D eigenvalue weighted by atomic mass is 32.1. The highest BCUT2D eigenvalue weighted by Crippen LogP contribution is 2.24. The van der Waals surface area contributed by atoms with Crippen molar-refractivity contribution in [3.8, 4) is 0 Å². The first-order valence-corrected chi connectivity index (χ1v) is 9.82. The molecule has 2 heterocycles. The summed E-state index contributed by atoms with van der Waals surface area (Å²) < 4.78 is 10.1. The van der Waals surface area contributed by atoms with E-state index in [0.717, 1.165) is 24.2 Å². The quantitative estimate of drug-likeness (QED) is 0.706. The van der Waals surface area contributed by atoms with Gasteiger partial charge in [0, 0.05) is 6.54 Å². The Morgan fingerprint density at radius 1 is 1.15 bits per heavy atom. The van der Waals surface area contributed by atoms with E-state index in [1.807, 2.05) is 0 Å². The van der Waals surface area contributed by atoms with Crippen LogP contribution in [0.2, 0.25) is 0 Å². The molecule has 0 unspecified atom stereocenters. The third-order valence-corrected chi connectivity index (χ3v) is 5.42. The van der Waals surface area contributed by atoms with Crippen molar-refractivity contribution < 1.29 is 23.5 Å². The van der Waals surface area contributed by atoms with Crippen molar-refractivity contribution in [2.24, 2.45) is 5.92 Å². The lowest BCUT2D eigenvalue weighted by atomic mass is 9.89. The van der Waals surface area contributed by atoms with Gasteiger partial charge in [0.25, 0.3) is 11.8 Å². The zero-order valence-corrected chi connectivity index (χ0v) is 15.7. The highest BCUT2D eigenvalue weighted by Gasteiger charge is 2.17. The molecule has 27 heavy (non-hydrogen) atoms. The SMILES string of the molecule is O=C(COC(=O)c1ccc(NC(=O)c2ccco2)s1)NCC1CCCCC1. The van der Waals surface area contributed by atoms with E-state index in [1.165, 1.54) is 25.5 Å². The van der Waals surface area contributed by atoms with Crippen LogP contribution < -0.4 is 10.6 Å². The highest BCUT2D eigenvalue weighted by molar-refractivity contribution is 7.18. The summed E-state index contributed by atoms with van der Waals surface area (Å²) in [5.74, 6) is -0.579. The number of carbonyl (C=O) groups excluding carboxylic acids is 3. The molecule has 1 saturated carbocycles. The number of hydrogen-bond donors (Lipinski definition) is 2. The van der Waals surface area contributed by atoms with Gasteiger partial charge in [-0.2, -0.15) is 0 Å². The second-order valence-corrected chi connectivity index (χ2v) is 7.56. The maximum Gasteiger partial charge on any atom is 0.348 e. The predicted octanol–water partition coefficient (Wildman–Crippen LogP) is 3.45. The molecule has 8 heteroatoms. The van der Waals surface area contributed by atoms with Crippen molar-refractivity contribution in [3.05, 3.63) is 41.2 Å². The van der Waals surface area contributed by atoms with Crippen LogP contribution in [0.5, 0.6) is 0 Å². The summed E-state index contributed by atoms with van der Waals surface area (Å²) in [4.78, 5) is 36.1. The maximum atomic E-state index is 12.1. The van der Waals surface area contributed by atoms with E-state index in [4.69, 9.17) is 9.15 Å². The van der Waals surface area contributed by atoms with E-state index in [0.29, 0.717) is 22.3 Å². The first-order chi connectivity index (χ1) is 13.1. The molecule has 2 aromatic rings. The molecule has 1 aliphatic rings. The summed E-state index contributed by atoms with van der Waals surface area (Å²) in [5, 5.41) is 5.96. The van der Waals surface area contributed by atoms with Crippen LogP contribution in [0.4, 0.5) is 5.00 Å². The van der Waals surface area contributed by atoms with Gasteiger partial charge in [0.2, 0.25) is 0 Å². The van der Waals surface area contributed by atoms with Crippen molar-refractivity contribution in [3.63, 3.8) is 0 Å². The number of furan rings is 1. The minimum absolute atomic E-state index is 0.183.